The predicted molar refractivity (Wildman–Crippen MR) is 80.8 cm³/mol. The second kappa shape index (κ2) is 6.67. The number of rotatable bonds is 4. The van der Waals surface area contributed by atoms with Gasteiger partial charge < -0.3 is 5.73 Å². The molecule has 0 aliphatic rings. The summed E-state index contributed by atoms with van der Waals surface area (Å²) >= 11 is 3.06. The molecule has 0 saturated heterocycles. The first-order chi connectivity index (χ1) is 11.6. The highest BCUT2D eigenvalue weighted by Crippen LogP contribution is 2.22. The van der Waals surface area contributed by atoms with Gasteiger partial charge in [0.15, 0.2) is 11.5 Å². The maximum absolute atomic E-state index is 13.3. The molecule has 1 aromatic carbocycles. The number of tetrazole rings is 1. The fourth-order valence-corrected chi connectivity index (χ4v) is 2.13. The molecule has 0 fully saturated rings. The molecule has 13 heteroatoms. The van der Waals surface area contributed by atoms with Gasteiger partial charge in [0.1, 0.15) is 18.1 Å². The summed E-state index contributed by atoms with van der Waals surface area (Å²) < 4.78 is 18.2. The molecule has 0 bridgehead atoms. The minimum atomic E-state index is -0.439. The summed E-state index contributed by atoms with van der Waals surface area (Å²) in [6, 6.07) is 4.08. The molecule has 0 unspecified atom stereocenters. The average molecular weight is 398 g/mol. The third kappa shape index (κ3) is 3.36. The smallest absolute Gasteiger partial charge is 0.260 e. The molecule has 4 N–H and O–H groups in total. The van der Waals surface area contributed by atoms with Crippen LogP contribution in [0.2, 0.25) is 0 Å². The quantitative estimate of drug-likeness (QED) is 0.326. The first kappa shape index (κ1) is 15.9. The molecular weight excluding hydrogens is 389 g/mol. The largest absolute Gasteiger partial charge is 0.365 e. The van der Waals surface area contributed by atoms with Crippen molar-refractivity contribution in [3.05, 3.63) is 39.9 Å². The number of aromatic nitrogens is 6. The van der Waals surface area contributed by atoms with Crippen molar-refractivity contribution in [2.45, 2.75) is 6.54 Å². The molecule has 24 heavy (non-hydrogen) atoms. The molecule has 0 saturated carbocycles. The van der Waals surface area contributed by atoms with Crippen LogP contribution >= 0.6 is 15.9 Å². The molecule has 0 spiro atoms. The number of hydrogen-bond acceptors (Lipinski definition) is 9. The van der Waals surface area contributed by atoms with E-state index in [2.05, 4.69) is 51.3 Å². The van der Waals surface area contributed by atoms with E-state index in [9.17, 15) is 9.60 Å². The van der Waals surface area contributed by atoms with Crippen molar-refractivity contribution in [2.24, 2.45) is 4.99 Å². The van der Waals surface area contributed by atoms with Crippen LogP contribution in [0.4, 0.5) is 16.0 Å². The molecule has 3 aromatic rings. The van der Waals surface area contributed by atoms with Crippen molar-refractivity contribution in [3.8, 4) is 0 Å². The highest BCUT2D eigenvalue weighted by molar-refractivity contribution is 9.10. The Kier molecular flexibility index (Phi) is 4.43. The van der Waals surface area contributed by atoms with E-state index < -0.39 is 5.82 Å². The number of nitrogens with zero attached hydrogens (tertiary/aromatic N) is 7. The summed E-state index contributed by atoms with van der Waals surface area (Å²) in [4.78, 5) is 5.30. The number of nitrogen functional groups attached to an aromatic ring is 1. The lowest BCUT2D eigenvalue weighted by Crippen LogP contribution is -2.23. The Balaban J connectivity index is 1.92. The zero-order chi connectivity index (χ0) is 17.1. The van der Waals surface area contributed by atoms with Gasteiger partial charge in [-0.05, 0) is 44.5 Å². The van der Waals surface area contributed by atoms with Gasteiger partial charge in [0.25, 0.3) is 5.95 Å². The fourth-order valence-electron chi connectivity index (χ4n) is 1.76. The molecular formula is C11H9BrFN9O2. The summed E-state index contributed by atoms with van der Waals surface area (Å²) in [5.41, 5.74) is 8.04. The monoisotopic (exact) mass is 397 g/mol. The summed E-state index contributed by atoms with van der Waals surface area (Å²) in [6.07, 6.45) is 0. The van der Waals surface area contributed by atoms with Gasteiger partial charge in [-0.1, -0.05) is 10.3 Å². The topological polar surface area (TPSA) is 153 Å². The Bertz CT molecular complexity index is 893. The number of nitrogens with two attached hydrogens (primary N) is 1. The normalized spacial score (nSPS) is 11.7. The van der Waals surface area contributed by atoms with E-state index in [-0.39, 0.29) is 34.2 Å². The van der Waals surface area contributed by atoms with Gasteiger partial charge in [-0.15, -0.1) is 5.10 Å². The SMILES string of the molecule is Nc1nnn(Cc2nonc2C(=Nc2ccc(F)c(Br)c2)NO)n1. The van der Waals surface area contributed by atoms with Gasteiger partial charge in [0.05, 0.1) is 10.2 Å². The number of anilines is 1. The van der Waals surface area contributed by atoms with Gasteiger partial charge in [0, 0.05) is 0 Å². The van der Waals surface area contributed by atoms with Gasteiger partial charge in [-0.2, -0.15) is 4.80 Å². The predicted octanol–water partition coefficient (Wildman–Crippen LogP) is 0.645. The number of aliphatic imine (C=N–C) groups is 1. The van der Waals surface area contributed by atoms with Crippen molar-refractivity contribution in [2.75, 3.05) is 5.73 Å². The number of amidine groups is 1. The van der Waals surface area contributed by atoms with Crippen LogP contribution in [-0.2, 0) is 6.54 Å². The number of hydrogen-bond donors (Lipinski definition) is 3. The van der Waals surface area contributed by atoms with Crippen LogP contribution in [0, 0.1) is 5.82 Å². The van der Waals surface area contributed by atoms with E-state index in [0.717, 1.165) is 0 Å². The Hall–Kier alpha value is -2.93. The van der Waals surface area contributed by atoms with Crippen LogP contribution < -0.4 is 11.2 Å². The molecule has 0 aliphatic heterocycles. The molecule has 11 nitrogen and oxygen atoms in total. The second-order valence-corrected chi connectivity index (χ2v) is 5.26. The summed E-state index contributed by atoms with van der Waals surface area (Å²) in [5.74, 6) is -0.498. The van der Waals surface area contributed by atoms with E-state index in [1.54, 1.807) is 0 Å². The van der Waals surface area contributed by atoms with Crippen LogP contribution in [0.15, 0.2) is 32.3 Å². The van der Waals surface area contributed by atoms with Crippen LogP contribution in [0.5, 0.6) is 0 Å². The van der Waals surface area contributed by atoms with Gasteiger partial charge in [-0.3, -0.25) is 10.7 Å². The van der Waals surface area contributed by atoms with E-state index in [1.165, 1.54) is 23.0 Å². The summed E-state index contributed by atoms with van der Waals surface area (Å²) in [6.45, 7) is 0.0385. The Morgan fingerprint density at radius 2 is 2.29 bits per heavy atom. The molecule has 2 heterocycles. The first-order valence-corrected chi connectivity index (χ1v) is 7.15. The highest BCUT2D eigenvalue weighted by Gasteiger charge is 2.18. The third-order valence-corrected chi connectivity index (χ3v) is 3.40. The Morgan fingerprint density at radius 1 is 1.46 bits per heavy atom. The van der Waals surface area contributed by atoms with Crippen molar-refractivity contribution >= 4 is 33.4 Å². The zero-order valence-electron chi connectivity index (χ0n) is 11.8. The van der Waals surface area contributed by atoms with E-state index >= 15 is 0 Å². The average Bonchev–Trinajstić information content (AvgIpc) is 3.18. The minimum Gasteiger partial charge on any atom is -0.365 e. The Morgan fingerprint density at radius 3 is 2.96 bits per heavy atom. The lowest BCUT2D eigenvalue weighted by Gasteiger charge is -2.03. The highest BCUT2D eigenvalue weighted by atomic mass is 79.9. The van der Waals surface area contributed by atoms with E-state index in [0.29, 0.717) is 5.69 Å². The van der Waals surface area contributed by atoms with Gasteiger partial charge >= 0.3 is 0 Å². The Labute approximate surface area is 141 Å². The van der Waals surface area contributed by atoms with Gasteiger partial charge in [-0.25, -0.2) is 14.0 Å². The number of halogens is 2. The second-order valence-electron chi connectivity index (χ2n) is 4.41. The molecule has 0 radical (unpaired) electrons. The van der Waals surface area contributed by atoms with E-state index in [4.69, 9.17) is 5.73 Å². The third-order valence-electron chi connectivity index (χ3n) is 2.79. The number of nitrogens with one attached hydrogen (secondary N) is 1. The van der Waals surface area contributed by atoms with Crippen LogP contribution in [-0.4, -0.2) is 41.6 Å². The molecule has 124 valence electrons. The van der Waals surface area contributed by atoms with Crippen LogP contribution in [0.1, 0.15) is 11.4 Å². The van der Waals surface area contributed by atoms with E-state index in [1.807, 2.05) is 5.48 Å². The lowest BCUT2D eigenvalue weighted by atomic mass is 10.3. The molecule has 3 rings (SSSR count). The fraction of sp³-hybridized carbons (Fsp3) is 0.0909. The zero-order valence-corrected chi connectivity index (χ0v) is 13.3. The van der Waals surface area contributed by atoms with Crippen LogP contribution in [0.3, 0.4) is 0 Å². The maximum Gasteiger partial charge on any atom is 0.260 e. The molecule has 2 aromatic heterocycles. The minimum absolute atomic E-state index is 0.00154. The van der Waals surface area contributed by atoms with Crippen LogP contribution in [0.25, 0.3) is 0 Å². The summed E-state index contributed by atoms with van der Waals surface area (Å²) in [7, 11) is 0. The van der Waals surface area contributed by atoms with Gasteiger partial charge in [0.2, 0.25) is 0 Å². The van der Waals surface area contributed by atoms with Crippen molar-refractivity contribution in [1.82, 2.24) is 36.0 Å². The molecule has 0 amide bonds. The standard InChI is InChI=1S/C11H9BrFN9O2/c12-6-3-5(1-2-7(6)13)15-10(18-23)9-8(19-24-20-9)4-22-17-11(14)16-21-22/h1-3,23H,4H2,(H2,14,17)(H,15,18). The lowest BCUT2D eigenvalue weighted by molar-refractivity contribution is 0.234. The molecule has 0 aliphatic carbocycles. The first-order valence-electron chi connectivity index (χ1n) is 6.35. The maximum atomic E-state index is 13.3. The number of benzene rings is 1. The van der Waals surface area contributed by atoms with Crippen molar-refractivity contribution in [3.63, 3.8) is 0 Å². The van der Waals surface area contributed by atoms with Crippen molar-refractivity contribution in [1.29, 1.82) is 0 Å². The van der Waals surface area contributed by atoms with Crippen molar-refractivity contribution < 1.29 is 14.2 Å². The molecule has 0 atom stereocenters. The number of hydroxylamine groups is 1. The summed E-state index contributed by atoms with van der Waals surface area (Å²) in [5, 5.41) is 27.7.